The van der Waals surface area contributed by atoms with Gasteiger partial charge in [-0.05, 0) is 56.6 Å². The van der Waals surface area contributed by atoms with E-state index in [1.807, 2.05) is 12.1 Å². The Morgan fingerprint density at radius 1 is 1.40 bits per heavy atom. The fourth-order valence-electron chi connectivity index (χ4n) is 2.81. The van der Waals surface area contributed by atoms with Crippen LogP contribution in [0.2, 0.25) is 5.02 Å². The molecule has 0 saturated carbocycles. The molecule has 1 saturated heterocycles. The molecular formula is C16H22ClN3. The zero-order valence-electron chi connectivity index (χ0n) is 12.0. The van der Waals surface area contributed by atoms with E-state index in [-0.39, 0.29) is 0 Å². The third kappa shape index (κ3) is 3.96. The van der Waals surface area contributed by atoms with Gasteiger partial charge in [-0.3, -0.25) is 4.90 Å². The van der Waals surface area contributed by atoms with Crippen molar-refractivity contribution >= 4 is 11.6 Å². The first-order chi connectivity index (χ1) is 9.74. The molecule has 0 amide bonds. The van der Waals surface area contributed by atoms with E-state index in [1.54, 1.807) is 6.07 Å². The lowest BCUT2D eigenvalue weighted by atomic mass is 10.0. The topological polar surface area (TPSA) is 39.1 Å². The average molecular weight is 292 g/mol. The van der Waals surface area contributed by atoms with Gasteiger partial charge in [0.1, 0.15) is 0 Å². The third-order valence-corrected chi connectivity index (χ3v) is 4.24. The van der Waals surface area contributed by atoms with Gasteiger partial charge in [0, 0.05) is 17.6 Å². The summed E-state index contributed by atoms with van der Waals surface area (Å²) in [5, 5.41) is 13.0. The number of piperidine rings is 1. The molecule has 0 aliphatic carbocycles. The Balaban J connectivity index is 2.09. The van der Waals surface area contributed by atoms with Crippen LogP contribution >= 0.6 is 11.6 Å². The van der Waals surface area contributed by atoms with Crippen molar-refractivity contribution in [3.8, 4) is 6.07 Å². The lowest BCUT2D eigenvalue weighted by Crippen LogP contribution is -2.43. The van der Waals surface area contributed by atoms with Gasteiger partial charge in [0.05, 0.1) is 11.6 Å². The summed E-state index contributed by atoms with van der Waals surface area (Å²) in [5.41, 5.74) is 1.75. The summed E-state index contributed by atoms with van der Waals surface area (Å²) in [7, 11) is 0. The van der Waals surface area contributed by atoms with Crippen LogP contribution in [0.4, 0.5) is 0 Å². The summed E-state index contributed by atoms with van der Waals surface area (Å²) in [6.45, 7) is 6.40. The molecule has 1 N–H and O–H groups in total. The molecular weight excluding hydrogens is 270 g/mol. The summed E-state index contributed by atoms with van der Waals surface area (Å²) in [5.74, 6) is 0. The maximum Gasteiger partial charge on any atom is 0.0992 e. The highest BCUT2D eigenvalue weighted by molar-refractivity contribution is 6.31. The molecule has 1 aromatic carbocycles. The SMILES string of the molecule is CCCN(Cc1ccc(C#N)cc1Cl)C1CCNCC1. The van der Waals surface area contributed by atoms with Gasteiger partial charge in [-0.15, -0.1) is 0 Å². The molecule has 0 atom stereocenters. The Labute approximate surface area is 126 Å². The van der Waals surface area contributed by atoms with Crippen molar-refractivity contribution < 1.29 is 0 Å². The van der Waals surface area contributed by atoms with E-state index >= 15 is 0 Å². The van der Waals surface area contributed by atoms with Crippen molar-refractivity contribution in [2.24, 2.45) is 0 Å². The predicted molar refractivity (Wildman–Crippen MR) is 82.8 cm³/mol. The minimum Gasteiger partial charge on any atom is -0.317 e. The average Bonchev–Trinajstić information content (AvgIpc) is 2.49. The molecule has 0 spiro atoms. The summed E-state index contributed by atoms with van der Waals surface area (Å²) >= 11 is 6.30. The molecule has 0 aromatic heterocycles. The maximum absolute atomic E-state index is 8.90. The van der Waals surface area contributed by atoms with Crippen LogP contribution in [-0.2, 0) is 6.54 Å². The fourth-order valence-corrected chi connectivity index (χ4v) is 3.05. The number of hydrogen-bond acceptors (Lipinski definition) is 3. The minimum atomic E-state index is 0.627. The van der Waals surface area contributed by atoms with E-state index in [9.17, 15) is 0 Å². The zero-order chi connectivity index (χ0) is 14.4. The van der Waals surface area contributed by atoms with Crippen molar-refractivity contribution in [2.45, 2.75) is 38.8 Å². The lowest BCUT2D eigenvalue weighted by Gasteiger charge is -2.34. The molecule has 3 nitrogen and oxygen atoms in total. The highest BCUT2D eigenvalue weighted by atomic mass is 35.5. The standard InChI is InChI=1S/C16H22ClN3/c1-2-9-20(15-5-7-19-8-6-15)12-14-4-3-13(11-18)10-16(14)17/h3-4,10,15,19H,2,5-9,12H2,1H3. The predicted octanol–water partition coefficient (Wildman–Crippen LogP) is 3.18. The quantitative estimate of drug-likeness (QED) is 0.906. The van der Waals surface area contributed by atoms with Crippen LogP contribution in [0, 0.1) is 11.3 Å². The van der Waals surface area contributed by atoms with Crippen LogP contribution in [0.3, 0.4) is 0 Å². The van der Waals surface area contributed by atoms with Crippen LogP contribution in [0.1, 0.15) is 37.3 Å². The molecule has 1 heterocycles. The summed E-state index contributed by atoms with van der Waals surface area (Å²) < 4.78 is 0. The Hall–Kier alpha value is -1.08. The number of nitriles is 1. The molecule has 0 radical (unpaired) electrons. The van der Waals surface area contributed by atoms with Gasteiger partial charge in [-0.25, -0.2) is 0 Å². The monoisotopic (exact) mass is 291 g/mol. The molecule has 4 heteroatoms. The van der Waals surface area contributed by atoms with E-state index in [2.05, 4.69) is 23.2 Å². The molecule has 1 fully saturated rings. The van der Waals surface area contributed by atoms with Crippen molar-refractivity contribution in [2.75, 3.05) is 19.6 Å². The fraction of sp³-hybridized carbons (Fsp3) is 0.562. The van der Waals surface area contributed by atoms with Gasteiger partial charge < -0.3 is 5.32 Å². The van der Waals surface area contributed by atoms with Gasteiger partial charge in [0.15, 0.2) is 0 Å². The highest BCUT2D eigenvalue weighted by Crippen LogP contribution is 2.22. The van der Waals surface area contributed by atoms with Gasteiger partial charge in [0.25, 0.3) is 0 Å². The Kier molecular flexibility index (Phi) is 5.85. The van der Waals surface area contributed by atoms with Crippen LogP contribution in [0.25, 0.3) is 0 Å². The molecule has 1 aromatic rings. The van der Waals surface area contributed by atoms with Crippen molar-refractivity contribution in [1.29, 1.82) is 5.26 Å². The van der Waals surface area contributed by atoms with E-state index in [1.165, 1.54) is 12.8 Å². The van der Waals surface area contributed by atoms with Crippen LogP contribution in [-0.4, -0.2) is 30.6 Å². The van der Waals surface area contributed by atoms with Gasteiger partial charge in [0.2, 0.25) is 0 Å². The van der Waals surface area contributed by atoms with Crippen LogP contribution in [0.15, 0.2) is 18.2 Å². The Morgan fingerprint density at radius 2 is 2.15 bits per heavy atom. The van der Waals surface area contributed by atoms with Crippen molar-refractivity contribution in [3.05, 3.63) is 34.3 Å². The lowest BCUT2D eigenvalue weighted by molar-refractivity contribution is 0.154. The molecule has 0 unspecified atom stereocenters. The Bertz CT molecular complexity index is 475. The normalized spacial score (nSPS) is 16.3. The minimum absolute atomic E-state index is 0.627. The van der Waals surface area contributed by atoms with Gasteiger partial charge in [-0.2, -0.15) is 5.26 Å². The number of nitrogens with one attached hydrogen (secondary N) is 1. The number of benzene rings is 1. The first-order valence-corrected chi connectivity index (χ1v) is 7.75. The smallest absolute Gasteiger partial charge is 0.0992 e. The first kappa shape index (κ1) is 15.3. The zero-order valence-corrected chi connectivity index (χ0v) is 12.8. The Morgan fingerprint density at radius 3 is 2.75 bits per heavy atom. The van der Waals surface area contributed by atoms with E-state index in [0.717, 1.165) is 38.2 Å². The molecule has 1 aliphatic heterocycles. The largest absolute Gasteiger partial charge is 0.317 e. The van der Waals surface area contributed by atoms with E-state index in [4.69, 9.17) is 16.9 Å². The van der Waals surface area contributed by atoms with Crippen LogP contribution in [0.5, 0.6) is 0 Å². The molecule has 0 bridgehead atoms. The molecule has 1 aliphatic rings. The second-order valence-corrected chi connectivity index (χ2v) is 5.78. The first-order valence-electron chi connectivity index (χ1n) is 7.38. The second kappa shape index (κ2) is 7.64. The maximum atomic E-state index is 8.90. The van der Waals surface area contributed by atoms with Gasteiger partial charge >= 0.3 is 0 Å². The third-order valence-electron chi connectivity index (χ3n) is 3.89. The number of halogens is 1. The second-order valence-electron chi connectivity index (χ2n) is 5.37. The van der Waals surface area contributed by atoms with E-state index in [0.29, 0.717) is 16.6 Å². The number of hydrogen-bond donors (Lipinski definition) is 1. The number of nitrogens with zero attached hydrogens (tertiary/aromatic N) is 2. The van der Waals surface area contributed by atoms with E-state index < -0.39 is 0 Å². The van der Waals surface area contributed by atoms with Gasteiger partial charge in [-0.1, -0.05) is 24.6 Å². The van der Waals surface area contributed by atoms with Crippen molar-refractivity contribution in [1.82, 2.24) is 10.2 Å². The summed E-state index contributed by atoms with van der Waals surface area (Å²) in [4.78, 5) is 2.54. The molecule has 2 rings (SSSR count). The number of rotatable bonds is 5. The summed E-state index contributed by atoms with van der Waals surface area (Å²) in [6.07, 6.45) is 3.56. The van der Waals surface area contributed by atoms with Crippen LogP contribution < -0.4 is 5.32 Å². The summed E-state index contributed by atoms with van der Waals surface area (Å²) in [6, 6.07) is 8.39. The van der Waals surface area contributed by atoms with Crippen molar-refractivity contribution in [3.63, 3.8) is 0 Å². The molecule has 20 heavy (non-hydrogen) atoms. The highest BCUT2D eigenvalue weighted by Gasteiger charge is 2.21. The molecule has 108 valence electrons.